The maximum absolute atomic E-state index is 12.4. The van der Waals surface area contributed by atoms with Crippen molar-refractivity contribution in [1.29, 1.82) is 0 Å². The fraction of sp³-hybridized carbons (Fsp3) is 0.250. The summed E-state index contributed by atoms with van der Waals surface area (Å²) in [6.45, 7) is 1.74. The molecule has 0 aliphatic heterocycles. The molecule has 2 heterocycles. The predicted molar refractivity (Wildman–Crippen MR) is 95.0 cm³/mol. The highest BCUT2D eigenvalue weighted by molar-refractivity contribution is 6.31. The lowest BCUT2D eigenvalue weighted by Gasteiger charge is -2.10. The second-order valence-electron chi connectivity index (χ2n) is 5.76. The van der Waals surface area contributed by atoms with Gasteiger partial charge >= 0.3 is 5.69 Å². The lowest BCUT2D eigenvalue weighted by molar-refractivity contribution is -0.116. The monoisotopic (exact) mass is 361 g/mol. The Morgan fingerprint density at radius 2 is 1.96 bits per heavy atom. The lowest BCUT2D eigenvalue weighted by Crippen LogP contribution is -2.37. The molecule has 0 saturated heterocycles. The number of amides is 1. The number of carbonyl (C=O) groups is 1. The van der Waals surface area contributed by atoms with Gasteiger partial charge in [-0.25, -0.2) is 9.78 Å². The molecule has 0 bridgehead atoms. The molecule has 8 nitrogen and oxygen atoms in total. The number of rotatable bonds is 3. The van der Waals surface area contributed by atoms with Crippen LogP contribution in [-0.4, -0.2) is 24.6 Å². The minimum absolute atomic E-state index is 0.115. The quantitative estimate of drug-likeness (QED) is 0.754. The van der Waals surface area contributed by atoms with Gasteiger partial charge in [-0.3, -0.25) is 18.7 Å². The number of hydrogen-bond donors (Lipinski definition) is 1. The maximum Gasteiger partial charge on any atom is 0.332 e. The van der Waals surface area contributed by atoms with Crippen molar-refractivity contribution in [1.82, 2.24) is 18.7 Å². The Kier molecular flexibility index (Phi) is 4.22. The van der Waals surface area contributed by atoms with Gasteiger partial charge in [0.2, 0.25) is 5.91 Å². The van der Waals surface area contributed by atoms with Crippen LogP contribution in [0.4, 0.5) is 5.69 Å². The van der Waals surface area contributed by atoms with Crippen LogP contribution in [0.1, 0.15) is 5.56 Å². The average Bonchev–Trinajstić information content (AvgIpc) is 2.98. The van der Waals surface area contributed by atoms with Crippen molar-refractivity contribution < 1.29 is 4.79 Å². The first-order chi connectivity index (χ1) is 11.8. The van der Waals surface area contributed by atoms with E-state index in [2.05, 4.69) is 10.3 Å². The van der Waals surface area contributed by atoms with Gasteiger partial charge in [0.25, 0.3) is 5.56 Å². The Labute approximate surface area is 147 Å². The molecule has 3 rings (SSSR count). The molecule has 0 spiro atoms. The zero-order chi connectivity index (χ0) is 18.3. The van der Waals surface area contributed by atoms with Gasteiger partial charge in [0, 0.05) is 24.8 Å². The van der Waals surface area contributed by atoms with Crippen molar-refractivity contribution in [2.75, 3.05) is 5.32 Å². The molecular formula is C16H16ClN5O3. The molecule has 0 fully saturated rings. The summed E-state index contributed by atoms with van der Waals surface area (Å²) in [6, 6.07) is 5.19. The van der Waals surface area contributed by atoms with Crippen LogP contribution in [0.3, 0.4) is 0 Å². The van der Waals surface area contributed by atoms with Crippen molar-refractivity contribution in [2.24, 2.45) is 14.1 Å². The molecule has 0 radical (unpaired) electrons. The molecule has 1 amide bonds. The normalized spacial score (nSPS) is 11.0. The van der Waals surface area contributed by atoms with Crippen LogP contribution in [0, 0.1) is 6.92 Å². The van der Waals surface area contributed by atoms with Gasteiger partial charge in [0.1, 0.15) is 6.54 Å². The number of halogens is 1. The van der Waals surface area contributed by atoms with E-state index in [-0.39, 0.29) is 23.6 Å². The molecule has 3 aromatic rings. The largest absolute Gasteiger partial charge is 0.332 e. The first-order valence-corrected chi connectivity index (χ1v) is 7.84. The number of hydrogen-bond acceptors (Lipinski definition) is 4. The van der Waals surface area contributed by atoms with Crippen molar-refractivity contribution in [3.63, 3.8) is 0 Å². The minimum atomic E-state index is -0.498. The van der Waals surface area contributed by atoms with Gasteiger partial charge in [-0.2, -0.15) is 0 Å². The van der Waals surface area contributed by atoms with E-state index >= 15 is 0 Å². The van der Waals surface area contributed by atoms with E-state index < -0.39 is 11.2 Å². The van der Waals surface area contributed by atoms with Gasteiger partial charge in [0.15, 0.2) is 11.2 Å². The maximum atomic E-state index is 12.4. The number of aromatic nitrogens is 4. The first-order valence-electron chi connectivity index (χ1n) is 7.46. The molecule has 0 saturated carbocycles. The minimum Gasteiger partial charge on any atom is -0.324 e. The zero-order valence-electron chi connectivity index (χ0n) is 13.9. The number of anilines is 1. The number of fused-ring (bicyclic) bond motifs is 1. The van der Waals surface area contributed by atoms with E-state index in [9.17, 15) is 14.4 Å². The predicted octanol–water partition coefficient (Wildman–Crippen LogP) is 1.03. The van der Waals surface area contributed by atoms with Crippen LogP contribution >= 0.6 is 11.6 Å². The molecule has 2 aromatic heterocycles. The average molecular weight is 362 g/mol. The lowest BCUT2D eigenvalue weighted by atomic mass is 10.2. The number of imidazole rings is 1. The number of nitrogens with zero attached hydrogens (tertiary/aromatic N) is 4. The highest BCUT2D eigenvalue weighted by Crippen LogP contribution is 2.20. The summed E-state index contributed by atoms with van der Waals surface area (Å²) in [5.74, 6) is -0.333. The Morgan fingerprint density at radius 3 is 2.68 bits per heavy atom. The van der Waals surface area contributed by atoms with Gasteiger partial charge in [-0.15, -0.1) is 0 Å². The highest BCUT2D eigenvalue weighted by atomic mass is 35.5. The van der Waals surface area contributed by atoms with Gasteiger partial charge in [0.05, 0.1) is 6.33 Å². The Hall–Kier alpha value is -2.87. The smallest absolute Gasteiger partial charge is 0.324 e. The van der Waals surface area contributed by atoms with Crippen LogP contribution in [0.2, 0.25) is 5.02 Å². The molecule has 0 atom stereocenters. The second-order valence-corrected chi connectivity index (χ2v) is 6.19. The van der Waals surface area contributed by atoms with Gasteiger partial charge < -0.3 is 9.88 Å². The van der Waals surface area contributed by atoms with Crippen molar-refractivity contribution in [3.8, 4) is 0 Å². The third-order valence-electron chi connectivity index (χ3n) is 4.00. The van der Waals surface area contributed by atoms with E-state index in [1.807, 2.05) is 6.92 Å². The Balaban J connectivity index is 1.96. The summed E-state index contributed by atoms with van der Waals surface area (Å²) in [4.78, 5) is 40.7. The van der Waals surface area contributed by atoms with Crippen molar-refractivity contribution in [2.45, 2.75) is 13.5 Å². The van der Waals surface area contributed by atoms with E-state index in [0.29, 0.717) is 10.7 Å². The molecule has 130 valence electrons. The number of nitrogens with one attached hydrogen (secondary N) is 1. The van der Waals surface area contributed by atoms with Crippen LogP contribution in [0.15, 0.2) is 34.1 Å². The van der Waals surface area contributed by atoms with E-state index in [0.717, 1.165) is 10.1 Å². The number of benzene rings is 1. The Bertz CT molecular complexity index is 1110. The van der Waals surface area contributed by atoms with Crippen LogP contribution in [-0.2, 0) is 25.4 Å². The fourth-order valence-corrected chi connectivity index (χ4v) is 2.76. The molecule has 1 N–H and O–H groups in total. The van der Waals surface area contributed by atoms with Crippen LogP contribution < -0.4 is 16.6 Å². The van der Waals surface area contributed by atoms with Gasteiger partial charge in [-0.1, -0.05) is 17.7 Å². The first kappa shape index (κ1) is 17.0. The van der Waals surface area contributed by atoms with E-state index in [4.69, 9.17) is 11.6 Å². The third-order valence-corrected chi connectivity index (χ3v) is 4.24. The van der Waals surface area contributed by atoms with Crippen molar-refractivity contribution in [3.05, 3.63) is 56.0 Å². The van der Waals surface area contributed by atoms with Crippen molar-refractivity contribution >= 4 is 34.4 Å². The summed E-state index contributed by atoms with van der Waals surface area (Å²) >= 11 is 5.95. The van der Waals surface area contributed by atoms with E-state index in [1.165, 1.54) is 29.6 Å². The molecule has 9 heteroatoms. The van der Waals surface area contributed by atoms with Crippen LogP contribution in [0.5, 0.6) is 0 Å². The summed E-state index contributed by atoms with van der Waals surface area (Å²) in [5, 5.41) is 3.28. The summed E-state index contributed by atoms with van der Waals surface area (Å²) in [5.41, 5.74) is 0.931. The number of carbonyl (C=O) groups excluding carboxylic acids is 1. The summed E-state index contributed by atoms with van der Waals surface area (Å²) in [6.07, 6.45) is 1.37. The highest BCUT2D eigenvalue weighted by Gasteiger charge is 2.16. The molecular weight excluding hydrogens is 346 g/mol. The topological polar surface area (TPSA) is 90.9 Å². The summed E-state index contributed by atoms with van der Waals surface area (Å²) < 4.78 is 3.68. The second kappa shape index (κ2) is 6.21. The molecule has 0 aliphatic carbocycles. The van der Waals surface area contributed by atoms with Crippen LogP contribution in [0.25, 0.3) is 11.2 Å². The standard InChI is InChI=1S/C16H16ClN5O3/c1-9-4-5-10(17)6-11(9)19-12(23)7-22-8-18-14-13(22)15(24)21(3)16(25)20(14)2/h4-6,8H,7H2,1-3H3,(H,19,23). The fourth-order valence-electron chi connectivity index (χ4n) is 2.59. The third kappa shape index (κ3) is 2.96. The Morgan fingerprint density at radius 1 is 1.24 bits per heavy atom. The van der Waals surface area contributed by atoms with E-state index in [1.54, 1.807) is 18.2 Å². The summed E-state index contributed by atoms with van der Waals surface area (Å²) in [7, 11) is 2.91. The molecule has 1 aromatic carbocycles. The molecule has 0 aliphatic rings. The molecule has 25 heavy (non-hydrogen) atoms. The van der Waals surface area contributed by atoms with Gasteiger partial charge in [-0.05, 0) is 24.6 Å². The zero-order valence-corrected chi connectivity index (χ0v) is 14.7. The SMILES string of the molecule is Cc1ccc(Cl)cc1NC(=O)Cn1cnc2c1c(=O)n(C)c(=O)n2C. The molecule has 0 unspecified atom stereocenters. The number of aryl methyl sites for hydroxylation is 2.